The lowest BCUT2D eigenvalue weighted by Crippen LogP contribution is -2.26. The third-order valence-corrected chi connectivity index (χ3v) is 3.74. The molecule has 0 saturated heterocycles. The highest BCUT2D eigenvalue weighted by Gasteiger charge is 2.24. The number of carbonyl (C=O) groups excluding carboxylic acids is 2. The van der Waals surface area contributed by atoms with Crippen molar-refractivity contribution < 1.29 is 9.59 Å². The number of nitrogens with one attached hydrogen (secondary N) is 2. The average molecular weight is 360 g/mol. The van der Waals surface area contributed by atoms with Gasteiger partial charge in [-0.15, -0.1) is 0 Å². The van der Waals surface area contributed by atoms with E-state index in [9.17, 15) is 9.59 Å². The Morgan fingerprint density at radius 1 is 1.14 bits per heavy atom. The van der Waals surface area contributed by atoms with Crippen molar-refractivity contribution in [1.82, 2.24) is 10.3 Å². The third kappa shape index (κ3) is 3.71. The van der Waals surface area contributed by atoms with Crippen molar-refractivity contribution in [3.05, 3.63) is 58.3 Å². The number of nitrogens with zero attached hydrogens (tertiary/aromatic N) is 1. The zero-order chi connectivity index (χ0) is 15.5. The fraction of sp³-hybridized carbons (Fsp3) is 0.188. The molecular weight excluding hydrogens is 346 g/mol. The van der Waals surface area contributed by atoms with Crippen LogP contribution < -0.4 is 10.6 Å². The van der Waals surface area contributed by atoms with E-state index in [1.165, 1.54) is 12.3 Å². The highest BCUT2D eigenvalue weighted by molar-refractivity contribution is 9.10. The number of anilines is 1. The smallest absolute Gasteiger partial charge is 0.274 e. The lowest BCUT2D eigenvalue weighted by Gasteiger charge is -2.07. The molecule has 1 aliphatic rings. The van der Waals surface area contributed by atoms with Gasteiger partial charge in [0, 0.05) is 28.0 Å². The molecule has 6 heteroatoms. The van der Waals surface area contributed by atoms with Crippen LogP contribution >= 0.6 is 15.9 Å². The van der Waals surface area contributed by atoms with E-state index in [1.807, 2.05) is 12.1 Å². The number of hydrogen-bond acceptors (Lipinski definition) is 3. The molecule has 5 nitrogen and oxygen atoms in total. The maximum atomic E-state index is 12.2. The predicted molar refractivity (Wildman–Crippen MR) is 86.8 cm³/mol. The minimum atomic E-state index is -0.348. The van der Waals surface area contributed by atoms with Crippen molar-refractivity contribution in [3.63, 3.8) is 0 Å². The Morgan fingerprint density at radius 3 is 2.68 bits per heavy atom. The number of carbonyl (C=O) groups is 2. The molecule has 0 aliphatic heterocycles. The van der Waals surface area contributed by atoms with Gasteiger partial charge in [0.2, 0.25) is 0 Å². The van der Waals surface area contributed by atoms with E-state index >= 15 is 0 Å². The molecule has 1 aromatic heterocycles. The Morgan fingerprint density at radius 2 is 1.95 bits per heavy atom. The summed E-state index contributed by atoms with van der Waals surface area (Å²) in [6, 6.07) is 10.7. The van der Waals surface area contributed by atoms with Crippen LogP contribution in [-0.2, 0) is 0 Å². The summed E-state index contributed by atoms with van der Waals surface area (Å²) in [7, 11) is 0. The number of rotatable bonds is 4. The SMILES string of the molecule is O=C(NC1CC1)c1ccnc(C(=O)Nc2cccc(Br)c2)c1. The average Bonchev–Trinajstić information content (AvgIpc) is 3.31. The van der Waals surface area contributed by atoms with Gasteiger partial charge in [0.05, 0.1) is 0 Å². The molecular formula is C16H14BrN3O2. The minimum absolute atomic E-state index is 0.165. The monoisotopic (exact) mass is 359 g/mol. The maximum Gasteiger partial charge on any atom is 0.274 e. The number of benzene rings is 1. The summed E-state index contributed by atoms with van der Waals surface area (Å²) in [5, 5.41) is 5.64. The summed E-state index contributed by atoms with van der Waals surface area (Å²) in [5.74, 6) is -0.513. The van der Waals surface area contributed by atoms with E-state index in [1.54, 1.807) is 18.2 Å². The molecule has 0 radical (unpaired) electrons. The van der Waals surface area contributed by atoms with Gasteiger partial charge in [0.25, 0.3) is 11.8 Å². The summed E-state index contributed by atoms with van der Waals surface area (Å²) in [6.45, 7) is 0. The molecule has 2 amide bonds. The number of aromatic nitrogens is 1. The van der Waals surface area contributed by atoms with Gasteiger partial charge < -0.3 is 10.6 Å². The van der Waals surface area contributed by atoms with Crippen LogP contribution in [0.5, 0.6) is 0 Å². The standard InChI is InChI=1S/C16H14BrN3O2/c17-11-2-1-3-13(9-11)20-16(22)14-8-10(6-7-18-14)15(21)19-12-4-5-12/h1-3,6-9,12H,4-5H2,(H,19,21)(H,20,22). The first-order chi connectivity index (χ1) is 10.6. The summed E-state index contributed by atoms with van der Waals surface area (Å²) in [6.07, 6.45) is 3.51. The molecule has 0 atom stereocenters. The molecule has 22 heavy (non-hydrogen) atoms. The van der Waals surface area contributed by atoms with Gasteiger partial charge in [-0.25, -0.2) is 0 Å². The number of pyridine rings is 1. The van der Waals surface area contributed by atoms with Crippen LogP contribution in [0.2, 0.25) is 0 Å². The van der Waals surface area contributed by atoms with Gasteiger partial charge in [0.1, 0.15) is 5.69 Å². The Bertz CT molecular complexity index is 729. The van der Waals surface area contributed by atoms with Crippen molar-refractivity contribution in [2.75, 3.05) is 5.32 Å². The Hall–Kier alpha value is -2.21. The van der Waals surface area contributed by atoms with E-state index in [4.69, 9.17) is 0 Å². The van der Waals surface area contributed by atoms with E-state index < -0.39 is 0 Å². The zero-order valence-electron chi connectivity index (χ0n) is 11.7. The first-order valence-electron chi connectivity index (χ1n) is 6.95. The van der Waals surface area contributed by atoms with Crippen LogP contribution in [-0.4, -0.2) is 22.8 Å². The highest BCUT2D eigenvalue weighted by atomic mass is 79.9. The molecule has 112 valence electrons. The summed E-state index contributed by atoms with van der Waals surface area (Å²) >= 11 is 3.35. The number of amides is 2. The van der Waals surface area contributed by atoms with Crippen LogP contribution in [0.25, 0.3) is 0 Å². The predicted octanol–water partition coefficient (Wildman–Crippen LogP) is 2.99. The van der Waals surface area contributed by atoms with E-state index in [-0.39, 0.29) is 23.6 Å². The second-order valence-corrected chi connectivity index (χ2v) is 6.06. The van der Waals surface area contributed by atoms with E-state index in [0.29, 0.717) is 11.3 Å². The molecule has 2 N–H and O–H groups in total. The lowest BCUT2D eigenvalue weighted by atomic mass is 10.2. The van der Waals surface area contributed by atoms with E-state index in [0.717, 1.165) is 17.3 Å². The summed E-state index contributed by atoms with van der Waals surface area (Å²) in [4.78, 5) is 28.2. The van der Waals surface area contributed by atoms with Crippen molar-refractivity contribution in [2.24, 2.45) is 0 Å². The van der Waals surface area contributed by atoms with Gasteiger partial charge in [-0.05, 0) is 43.2 Å². The molecule has 2 aromatic rings. The summed E-state index contributed by atoms with van der Waals surface area (Å²) in [5.41, 5.74) is 1.32. The van der Waals surface area contributed by atoms with Crippen LogP contribution in [0.1, 0.15) is 33.7 Å². The fourth-order valence-electron chi connectivity index (χ4n) is 1.95. The van der Waals surface area contributed by atoms with Crippen LogP contribution in [0.15, 0.2) is 47.1 Å². The van der Waals surface area contributed by atoms with Crippen molar-refractivity contribution in [3.8, 4) is 0 Å². The van der Waals surface area contributed by atoms with Gasteiger partial charge >= 0.3 is 0 Å². The van der Waals surface area contributed by atoms with Crippen LogP contribution in [0.4, 0.5) is 5.69 Å². The molecule has 0 bridgehead atoms. The zero-order valence-corrected chi connectivity index (χ0v) is 13.3. The minimum Gasteiger partial charge on any atom is -0.349 e. The third-order valence-electron chi connectivity index (χ3n) is 3.25. The second kappa shape index (κ2) is 6.27. The molecule has 3 rings (SSSR count). The lowest BCUT2D eigenvalue weighted by molar-refractivity contribution is 0.0951. The van der Waals surface area contributed by atoms with Gasteiger partial charge in [-0.1, -0.05) is 22.0 Å². The van der Waals surface area contributed by atoms with E-state index in [2.05, 4.69) is 31.5 Å². The topological polar surface area (TPSA) is 71.1 Å². The molecule has 1 fully saturated rings. The number of hydrogen-bond donors (Lipinski definition) is 2. The molecule has 1 aliphatic carbocycles. The van der Waals surface area contributed by atoms with Crippen LogP contribution in [0.3, 0.4) is 0 Å². The Labute approximate surface area is 136 Å². The molecule has 1 saturated carbocycles. The second-order valence-electron chi connectivity index (χ2n) is 5.14. The molecule has 0 spiro atoms. The molecule has 1 aromatic carbocycles. The summed E-state index contributed by atoms with van der Waals surface area (Å²) < 4.78 is 0.871. The normalized spacial score (nSPS) is 13.5. The molecule has 1 heterocycles. The fourth-order valence-corrected chi connectivity index (χ4v) is 2.35. The van der Waals surface area contributed by atoms with Crippen LogP contribution in [0, 0.1) is 0 Å². The van der Waals surface area contributed by atoms with Gasteiger partial charge in [-0.2, -0.15) is 0 Å². The van der Waals surface area contributed by atoms with Gasteiger partial charge in [0.15, 0.2) is 0 Å². The number of halogens is 1. The van der Waals surface area contributed by atoms with Crippen molar-refractivity contribution in [2.45, 2.75) is 18.9 Å². The van der Waals surface area contributed by atoms with Crippen molar-refractivity contribution in [1.29, 1.82) is 0 Å². The van der Waals surface area contributed by atoms with Crippen molar-refractivity contribution >= 4 is 33.4 Å². The maximum absolute atomic E-state index is 12.2. The molecule has 0 unspecified atom stereocenters. The Balaban J connectivity index is 1.73. The first-order valence-corrected chi connectivity index (χ1v) is 7.75. The highest BCUT2D eigenvalue weighted by Crippen LogP contribution is 2.19. The Kier molecular flexibility index (Phi) is 4.20. The largest absolute Gasteiger partial charge is 0.349 e. The van der Waals surface area contributed by atoms with Gasteiger partial charge in [-0.3, -0.25) is 14.6 Å². The quantitative estimate of drug-likeness (QED) is 0.881. The first kappa shape index (κ1) is 14.7.